The first-order chi connectivity index (χ1) is 9.56. The van der Waals surface area contributed by atoms with E-state index in [1.54, 1.807) is 24.3 Å². The van der Waals surface area contributed by atoms with Crippen LogP contribution in [0.3, 0.4) is 0 Å². The molecule has 6 heteroatoms. The molecule has 0 bridgehead atoms. The van der Waals surface area contributed by atoms with E-state index in [1.165, 1.54) is 7.11 Å². The first-order valence-electron chi connectivity index (χ1n) is 6.58. The molecule has 110 valence electrons. The van der Waals surface area contributed by atoms with Gasteiger partial charge in [-0.15, -0.1) is 0 Å². The lowest BCUT2D eigenvalue weighted by Crippen LogP contribution is -2.35. The van der Waals surface area contributed by atoms with Crippen LogP contribution in [0, 0.1) is 0 Å². The zero-order valence-electron chi connectivity index (χ0n) is 11.8. The number of carbonyl (C=O) groups is 2. The van der Waals surface area contributed by atoms with Crippen molar-refractivity contribution >= 4 is 23.4 Å². The molecule has 0 saturated carbocycles. The van der Waals surface area contributed by atoms with Crippen LogP contribution in [0.5, 0.6) is 0 Å². The molecule has 1 rings (SSSR count). The molecule has 2 amide bonds. The molecule has 0 spiro atoms. The highest BCUT2D eigenvalue weighted by atomic mass is 16.5. The Labute approximate surface area is 118 Å². The van der Waals surface area contributed by atoms with Crippen molar-refractivity contribution in [3.63, 3.8) is 0 Å². The van der Waals surface area contributed by atoms with Crippen molar-refractivity contribution in [1.82, 2.24) is 0 Å². The highest BCUT2D eigenvalue weighted by molar-refractivity contribution is 5.95. The van der Waals surface area contributed by atoms with Crippen molar-refractivity contribution in [3.8, 4) is 0 Å². The summed E-state index contributed by atoms with van der Waals surface area (Å²) in [5, 5.41) is 5.25. The Balaban J connectivity index is 2.61. The summed E-state index contributed by atoms with van der Waals surface area (Å²) in [5.74, 6) is -0.228. The topological polar surface area (TPSA) is 93.5 Å². The van der Waals surface area contributed by atoms with Gasteiger partial charge in [-0.1, -0.05) is 25.8 Å². The third-order valence-corrected chi connectivity index (χ3v) is 2.77. The van der Waals surface area contributed by atoms with Gasteiger partial charge in [0.05, 0.1) is 13.2 Å². The second-order valence-electron chi connectivity index (χ2n) is 4.44. The molecule has 0 saturated heterocycles. The number of hydrogen-bond acceptors (Lipinski definition) is 4. The normalized spacial score (nSPS) is 11.6. The summed E-state index contributed by atoms with van der Waals surface area (Å²) >= 11 is 0. The van der Waals surface area contributed by atoms with Crippen LogP contribution in [-0.4, -0.2) is 25.2 Å². The maximum atomic E-state index is 11.9. The summed E-state index contributed by atoms with van der Waals surface area (Å²) in [6, 6.07) is 6.27. The molecule has 1 aromatic carbocycles. The predicted octanol–water partition coefficient (Wildman–Crippen LogP) is 2.32. The van der Waals surface area contributed by atoms with Gasteiger partial charge < -0.3 is 15.8 Å². The van der Waals surface area contributed by atoms with E-state index in [1.807, 2.05) is 6.92 Å². The van der Waals surface area contributed by atoms with Gasteiger partial charge in [0.25, 0.3) is 0 Å². The molecule has 1 atom stereocenters. The number of nitrogens with one attached hydrogen (secondary N) is 2. The van der Waals surface area contributed by atoms with Crippen molar-refractivity contribution in [1.29, 1.82) is 0 Å². The van der Waals surface area contributed by atoms with Crippen LogP contribution in [0.4, 0.5) is 16.2 Å². The number of rotatable bonds is 6. The van der Waals surface area contributed by atoms with Gasteiger partial charge in [0.2, 0.25) is 5.91 Å². The zero-order valence-corrected chi connectivity index (χ0v) is 11.8. The number of benzene rings is 1. The van der Waals surface area contributed by atoms with Crippen LogP contribution in [0.1, 0.15) is 26.2 Å². The van der Waals surface area contributed by atoms with Gasteiger partial charge in [-0.3, -0.25) is 10.1 Å². The predicted molar refractivity (Wildman–Crippen MR) is 78.6 cm³/mol. The molecule has 0 heterocycles. The molecular weight excluding hydrogens is 258 g/mol. The Kier molecular flexibility index (Phi) is 6.52. The monoisotopic (exact) mass is 279 g/mol. The summed E-state index contributed by atoms with van der Waals surface area (Å²) in [5.41, 5.74) is 6.91. The summed E-state index contributed by atoms with van der Waals surface area (Å²) in [7, 11) is 1.29. The van der Waals surface area contributed by atoms with Gasteiger partial charge in [0.15, 0.2) is 0 Å². The minimum atomic E-state index is -0.562. The molecule has 0 aromatic heterocycles. The van der Waals surface area contributed by atoms with Crippen LogP contribution >= 0.6 is 0 Å². The fourth-order valence-corrected chi connectivity index (χ4v) is 1.63. The number of ether oxygens (including phenoxy) is 1. The van der Waals surface area contributed by atoms with Crippen LogP contribution < -0.4 is 16.4 Å². The lowest BCUT2D eigenvalue weighted by atomic mass is 10.1. The van der Waals surface area contributed by atoms with Crippen LogP contribution in [0.25, 0.3) is 0 Å². The standard InChI is InChI=1S/C14H21N3O3/c1-3-4-8-12(15)13(18)16-10-6-5-7-11(9-10)17-14(19)20-2/h5-7,9,12H,3-4,8,15H2,1-2H3,(H,16,18)(H,17,19). The molecule has 0 radical (unpaired) electrons. The number of unbranched alkanes of at least 4 members (excludes halogenated alkanes) is 1. The number of methoxy groups -OCH3 is 1. The summed E-state index contributed by atoms with van der Waals surface area (Å²) in [6.07, 6.45) is 2.01. The molecule has 0 fully saturated rings. The molecule has 4 N–H and O–H groups in total. The average molecular weight is 279 g/mol. The van der Waals surface area contributed by atoms with E-state index in [0.29, 0.717) is 17.8 Å². The number of carbonyl (C=O) groups excluding carboxylic acids is 2. The number of hydrogen-bond donors (Lipinski definition) is 3. The third-order valence-electron chi connectivity index (χ3n) is 2.77. The molecule has 1 aromatic rings. The van der Waals surface area contributed by atoms with E-state index in [0.717, 1.165) is 12.8 Å². The van der Waals surface area contributed by atoms with Gasteiger partial charge in [0.1, 0.15) is 0 Å². The smallest absolute Gasteiger partial charge is 0.411 e. The molecular formula is C14H21N3O3. The molecule has 0 aliphatic rings. The van der Waals surface area contributed by atoms with Crippen molar-refractivity contribution in [2.75, 3.05) is 17.7 Å². The maximum Gasteiger partial charge on any atom is 0.411 e. The quantitative estimate of drug-likeness (QED) is 0.745. The van der Waals surface area contributed by atoms with Crippen molar-refractivity contribution in [3.05, 3.63) is 24.3 Å². The maximum absolute atomic E-state index is 11.9. The minimum absolute atomic E-state index is 0.228. The van der Waals surface area contributed by atoms with Gasteiger partial charge in [-0.2, -0.15) is 0 Å². The fourth-order valence-electron chi connectivity index (χ4n) is 1.63. The van der Waals surface area contributed by atoms with E-state index >= 15 is 0 Å². The largest absolute Gasteiger partial charge is 0.453 e. The second-order valence-corrected chi connectivity index (χ2v) is 4.44. The molecule has 1 unspecified atom stereocenters. The van der Waals surface area contributed by atoms with Crippen molar-refractivity contribution < 1.29 is 14.3 Å². The second kappa shape index (κ2) is 8.16. The van der Waals surface area contributed by atoms with Gasteiger partial charge in [-0.25, -0.2) is 4.79 Å². The van der Waals surface area contributed by atoms with E-state index in [2.05, 4.69) is 15.4 Å². The highest BCUT2D eigenvalue weighted by Gasteiger charge is 2.13. The SMILES string of the molecule is CCCCC(N)C(=O)Nc1cccc(NC(=O)OC)c1. The van der Waals surface area contributed by atoms with Crippen LogP contribution in [-0.2, 0) is 9.53 Å². The highest BCUT2D eigenvalue weighted by Crippen LogP contribution is 2.15. The van der Waals surface area contributed by atoms with E-state index < -0.39 is 12.1 Å². The summed E-state index contributed by atoms with van der Waals surface area (Å²) in [6.45, 7) is 2.05. The Hall–Kier alpha value is -2.08. The number of nitrogens with two attached hydrogens (primary N) is 1. The lowest BCUT2D eigenvalue weighted by Gasteiger charge is -2.12. The molecule has 6 nitrogen and oxygen atoms in total. The molecule has 20 heavy (non-hydrogen) atoms. The minimum Gasteiger partial charge on any atom is -0.453 e. The van der Waals surface area contributed by atoms with Gasteiger partial charge in [-0.05, 0) is 24.6 Å². The Bertz CT molecular complexity index is 463. The van der Waals surface area contributed by atoms with Gasteiger partial charge in [0, 0.05) is 11.4 Å². The summed E-state index contributed by atoms with van der Waals surface area (Å²) in [4.78, 5) is 23.0. The third kappa shape index (κ3) is 5.27. The number of anilines is 2. The van der Waals surface area contributed by atoms with Crippen molar-refractivity contribution in [2.24, 2.45) is 5.73 Å². The molecule has 0 aliphatic heterocycles. The Morgan fingerprint density at radius 3 is 2.55 bits per heavy atom. The van der Waals surface area contributed by atoms with E-state index in [9.17, 15) is 9.59 Å². The summed E-state index contributed by atoms with van der Waals surface area (Å²) < 4.78 is 4.50. The molecule has 0 aliphatic carbocycles. The first-order valence-corrected chi connectivity index (χ1v) is 6.58. The van der Waals surface area contributed by atoms with E-state index in [4.69, 9.17) is 5.73 Å². The van der Waals surface area contributed by atoms with Crippen LogP contribution in [0.2, 0.25) is 0 Å². The van der Waals surface area contributed by atoms with E-state index in [-0.39, 0.29) is 5.91 Å². The van der Waals surface area contributed by atoms with Crippen LogP contribution in [0.15, 0.2) is 24.3 Å². The zero-order chi connectivity index (χ0) is 15.0. The van der Waals surface area contributed by atoms with Gasteiger partial charge >= 0.3 is 6.09 Å². The average Bonchev–Trinajstić information content (AvgIpc) is 2.44. The fraction of sp³-hybridized carbons (Fsp3) is 0.429. The lowest BCUT2D eigenvalue weighted by molar-refractivity contribution is -0.117. The Morgan fingerprint density at radius 2 is 1.95 bits per heavy atom. The number of amides is 2. The van der Waals surface area contributed by atoms with Crippen molar-refractivity contribution in [2.45, 2.75) is 32.2 Å². The first kappa shape index (κ1) is 16.0. The Morgan fingerprint density at radius 1 is 1.30 bits per heavy atom.